The third-order valence-electron chi connectivity index (χ3n) is 2.69. The summed E-state index contributed by atoms with van der Waals surface area (Å²) in [5.74, 6) is -0.410. The van der Waals surface area contributed by atoms with Crippen molar-refractivity contribution in [2.45, 2.75) is 12.5 Å². The molecule has 17 heavy (non-hydrogen) atoms. The zero-order chi connectivity index (χ0) is 12.1. The SMILES string of the molecule is COC(=O)c1ccc(CC2CNCCO2)cn1. The second kappa shape index (κ2) is 5.75. The number of ether oxygens (including phenoxy) is 2. The molecule has 5 nitrogen and oxygen atoms in total. The average molecular weight is 236 g/mol. The van der Waals surface area contributed by atoms with Crippen molar-refractivity contribution >= 4 is 5.97 Å². The molecule has 1 atom stereocenters. The summed E-state index contributed by atoms with van der Waals surface area (Å²) < 4.78 is 10.2. The van der Waals surface area contributed by atoms with Gasteiger partial charge in [-0.1, -0.05) is 6.07 Å². The van der Waals surface area contributed by atoms with E-state index in [9.17, 15) is 4.79 Å². The highest BCUT2D eigenvalue weighted by Crippen LogP contribution is 2.08. The number of hydrogen-bond acceptors (Lipinski definition) is 5. The summed E-state index contributed by atoms with van der Waals surface area (Å²) in [5, 5.41) is 3.27. The molecule has 0 radical (unpaired) electrons. The standard InChI is InChI=1S/C12H16N2O3/c1-16-12(15)11-3-2-9(7-14-11)6-10-8-13-4-5-17-10/h2-3,7,10,13H,4-6,8H2,1H3. The maximum atomic E-state index is 11.2. The molecule has 0 bridgehead atoms. The molecule has 1 fully saturated rings. The van der Waals surface area contributed by atoms with E-state index in [0.29, 0.717) is 5.69 Å². The van der Waals surface area contributed by atoms with Crippen molar-refractivity contribution in [3.8, 4) is 0 Å². The molecular weight excluding hydrogens is 220 g/mol. The lowest BCUT2D eigenvalue weighted by Crippen LogP contribution is -2.39. The Morgan fingerprint density at radius 1 is 1.65 bits per heavy atom. The van der Waals surface area contributed by atoms with Crippen molar-refractivity contribution in [2.75, 3.05) is 26.8 Å². The second-order valence-electron chi connectivity index (χ2n) is 3.94. The van der Waals surface area contributed by atoms with E-state index >= 15 is 0 Å². The number of nitrogens with one attached hydrogen (secondary N) is 1. The summed E-state index contributed by atoms with van der Waals surface area (Å²) in [6.45, 7) is 2.52. The van der Waals surface area contributed by atoms with E-state index < -0.39 is 5.97 Å². The van der Waals surface area contributed by atoms with Crippen molar-refractivity contribution in [3.63, 3.8) is 0 Å². The molecular formula is C12H16N2O3. The van der Waals surface area contributed by atoms with E-state index in [2.05, 4.69) is 15.0 Å². The van der Waals surface area contributed by atoms with Crippen LogP contribution in [0.15, 0.2) is 18.3 Å². The number of rotatable bonds is 3. The molecule has 5 heteroatoms. The summed E-state index contributed by atoms with van der Waals surface area (Å²) in [7, 11) is 1.35. The average Bonchev–Trinajstić information content (AvgIpc) is 2.40. The topological polar surface area (TPSA) is 60.5 Å². The molecule has 0 amide bonds. The first-order valence-corrected chi connectivity index (χ1v) is 5.65. The van der Waals surface area contributed by atoms with Gasteiger partial charge in [0.1, 0.15) is 5.69 Å². The third kappa shape index (κ3) is 3.25. The molecule has 1 unspecified atom stereocenters. The molecule has 0 aliphatic carbocycles. The van der Waals surface area contributed by atoms with Crippen LogP contribution in [0.4, 0.5) is 0 Å². The minimum Gasteiger partial charge on any atom is -0.464 e. The smallest absolute Gasteiger partial charge is 0.356 e. The fourth-order valence-electron chi connectivity index (χ4n) is 1.78. The number of morpholine rings is 1. The van der Waals surface area contributed by atoms with E-state index in [1.165, 1.54) is 7.11 Å². The number of carbonyl (C=O) groups is 1. The summed E-state index contributed by atoms with van der Waals surface area (Å²) in [4.78, 5) is 15.3. The molecule has 92 valence electrons. The Balaban J connectivity index is 1.95. The van der Waals surface area contributed by atoms with Gasteiger partial charge in [0.25, 0.3) is 0 Å². The first-order chi connectivity index (χ1) is 8.29. The van der Waals surface area contributed by atoms with Crippen LogP contribution in [0.25, 0.3) is 0 Å². The Hall–Kier alpha value is -1.46. The van der Waals surface area contributed by atoms with Gasteiger partial charge in [-0.3, -0.25) is 0 Å². The molecule has 1 saturated heterocycles. The predicted octanol–water partition coefficient (Wildman–Crippen LogP) is 0.399. The van der Waals surface area contributed by atoms with E-state index in [4.69, 9.17) is 4.74 Å². The Morgan fingerprint density at radius 3 is 3.12 bits per heavy atom. The van der Waals surface area contributed by atoms with Crippen molar-refractivity contribution in [1.82, 2.24) is 10.3 Å². The minimum atomic E-state index is -0.410. The summed E-state index contributed by atoms with van der Waals surface area (Å²) in [6, 6.07) is 3.56. The molecule has 1 aromatic rings. The molecule has 0 spiro atoms. The molecule has 1 aliphatic rings. The number of aromatic nitrogens is 1. The minimum absolute atomic E-state index is 0.189. The fraction of sp³-hybridized carbons (Fsp3) is 0.500. The van der Waals surface area contributed by atoms with Crippen molar-refractivity contribution in [2.24, 2.45) is 0 Å². The van der Waals surface area contributed by atoms with Crippen LogP contribution in [0, 0.1) is 0 Å². The fourth-order valence-corrected chi connectivity index (χ4v) is 1.78. The first kappa shape index (κ1) is 12.0. The van der Waals surface area contributed by atoms with Gasteiger partial charge in [-0.25, -0.2) is 9.78 Å². The first-order valence-electron chi connectivity index (χ1n) is 5.65. The quantitative estimate of drug-likeness (QED) is 0.770. The van der Waals surface area contributed by atoms with Gasteiger partial charge in [-0.05, 0) is 11.6 Å². The van der Waals surface area contributed by atoms with Gasteiger partial charge in [0, 0.05) is 25.7 Å². The van der Waals surface area contributed by atoms with Crippen molar-refractivity contribution in [3.05, 3.63) is 29.6 Å². The maximum Gasteiger partial charge on any atom is 0.356 e. The molecule has 1 N–H and O–H groups in total. The van der Waals surface area contributed by atoms with Gasteiger partial charge >= 0.3 is 5.97 Å². The molecule has 1 aliphatic heterocycles. The number of esters is 1. The molecule has 0 saturated carbocycles. The zero-order valence-corrected chi connectivity index (χ0v) is 9.81. The van der Waals surface area contributed by atoms with Crippen LogP contribution in [0.3, 0.4) is 0 Å². The maximum absolute atomic E-state index is 11.2. The molecule has 2 heterocycles. The molecule has 0 aromatic carbocycles. The Labute approximate surface area is 100 Å². The van der Waals surface area contributed by atoms with Gasteiger partial charge in [0.05, 0.1) is 19.8 Å². The summed E-state index contributed by atoms with van der Waals surface area (Å²) in [5.41, 5.74) is 1.39. The van der Waals surface area contributed by atoms with Crippen LogP contribution in [-0.4, -0.2) is 43.9 Å². The summed E-state index contributed by atoms with van der Waals surface area (Å²) in [6.07, 6.45) is 2.70. The Kier molecular flexibility index (Phi) is 4.06. The molecule has 2 rings (SSSR count). The highest BCUT2D eigenvalue weighted by molar-refractivity contribution is 5.86. The van der Waals surface area contributed by atoms with Crippen LogP contribution < -0.4 is 5.32 Å². The third-order valence-corrected chi connectivity index (χ3v) is 2.69. The number of hydrogen-bond donors (Lipinski definition) is 1. The van der Waals surface area contributed by atoms with E-state index in [1.807, 2.05) is 6.07 Å². The van der Waals surface area contributed by atoms with Crippen molar-refractivity contribution in [1.29, 1.82) is 0 Å². The van der Waals surface area contributed by atoms with Gasteiger partial charge in [0.2, 0.25) is 0 Å². The summed E-state index contributed by atoms with van der Waals surface area (Å²) >= 11 is 0. The number of carbonyl (C=O) groups excluding carboxylic acids is 1. The Bertz CT molecular complexity index is 372. The van der Waals surface area contributed by atoms with Gasteiger partial charge in [0.15, 0.2) is 0 Å². The Morgan fingerprint density at radius 2 is 2.53 bits per heavy atom. The predicted molar refractivity (Wildman–Crippen MR) is 61.9 cm³/mol. The van der Waals surface area contributed by atoms with Gasteiger partial charge in [-0.2, -0.15) is 0 Å². The van der Waals surface area contributed by atoms with E-state index in [-0.39, 0.29) is 6.10 Å². The largest absolute Gasteiger partial charge is 0.464 e. The van der Waals surface area contributed by atoms with E-state index in [0.717, 1.165) is 31.7 Å². The monoisotopic (exact) mass is 236 g/mol. The lowest BCUT2D eigenvalue weighted by atomic mass is 10.1. The second-order valence-corrected chi connectivity index (χ2v) is 3.94. The van der Waals surface area contributed by atoms with Crippen LogP contribution in [-0.2, 0) is 15.9 Å². The van der Waals surface area contributed by atoms with Crippen molar-refractivity contribution < 1.29 is 14.3 Å². The highest BCUT2D eigenvalue weighted by atomic mass is 16.5. The van der Waals surface area contributed by atoms with Crippen LogP contribution in [0.2, 0.25) is 0 Å². The lowest BCUT2D eigenvalue weighted by molar-refractivity contribution is 0.0292. The van der Waals surface area contributed by atoms with Gasteiger partial charge in [-0.15, -0.1) is 0 Å². The highest BCUT2D eigenvalue weighted by Gasteiger charge is 2.14. The number of pyridine rings is 1. The van der Waals surface area contributed by atoms with Gasteiger partial charge < -0.3 is 14.8 Å². The zero-order valence-electron chi connectivity index (χ0n) is 9.81. The normalized spacial score (nSPS) is 19.9. The number of methoxy groups -OCH3 is 1. The van der Waals surface area contributed by atoms with Crippen LogP contribution in [0.5, 0.6) is 0 Å². The lowest BCUT2D eigenvalue weighted by Gasteiger charge is -2.23. The van der Waals surface area contributed by atoms with Crippen LogP contribution >= 0.6 is 0 Å². The number of nitrogens with zero attached hydrogens (tertiary/aromatic N) is 1. The van der Waals surface area contributed by atoms with Crippen LogP contribution in [0.1, 0.15) is 16.1 Å². The van der Waals surface area contributed by atoms with E-state index in [1.54, 1.807) is 12.3 Å². The molecule has 1 aromatic heterocycles.